The van der Waals surface area contributed by atoms with Gasteiger partial charge >= 0.3 is 0 Å². The number of benzene rings is 1. The van der Waals surface area contributed by atoms with E-state index in [4.69, 9.17) is 21.1 Å². The van der Waals surface area contributed by atoms with Gasteiger partial charge in [-0.3, -0.25) is 4.68 Å². The molecule has 1 aromatic carbocycles. The van der Waals surface area contributed by atoms with Gasteiger partial charge in [0.05, 0.1) is 12.8 Å². The van der Waals surface area contributed by atoms with Gasteiger partial charge in [-0.2, -0.15) is 5.10 Å². The van der Waals surface area contributed by atoms with Gasteiger partial charge in [0.15, 0.2) is 0 Å². The zero-order valence-corrected chi connectivity index (χ0v) is 14.2. The number of aromatic nitrogens is 2. The fourth-order valence-corrected chi connectivity index (χ4v) is 3.35. The molecule has 1 aliphatic heterocycles. The molecule has 1 aliphatic rings. The van der Waals surface area contributed by atoms with Gasteiger partial charge in [-0.05, 0) is 24.6 Å². The third-order valence-corrected chi connectivity index (χ3v) is 4.72. The number of nitrogens with one attached hydrogen (secondary N) is 1. The number of nitrogens with zero attached hydrogens (tertiary/aromatic N) is 2. The molecule has 5 nitrogen and oxygen atoms in total. The Morgan fingerprint density at radius 1 is 1.43 bits per heavy atom. The number of methoxy groups -OCH3 is 1. The molecule has 23 heavy (non-hydrogen) atoms. The van der Waals surface area contributed by atoms with Crippen molar-refractivity contribution in [2.45, 2.75) is 19.1 Å². The maximum atomic E-state index is 6.28. The molecule has 0 unspecified atom stereocenters. The quantitative estimate of drug-likeness (QED) is 0.881. The number of halogens is 1. The van der Waals surface area contributed by atoms with E-state index < -0.39 is 0 Å². The minimum Gasteiger partial charge on any atom is -0.496 e. The van der Waals surface area contributed by atoms with Crippen LogP contribution >= 0.6 is 11.6 Å². The monoisotopic (exact) mass is 335 g/mol. The molecule has 1 aromatic heterocycles. The van der Waals surface area contributed by atoms with Gasteiger partial charge in [-0.15, -0.1) is 0 Å². The van der Waals surface area contributed by atoms with Crippen molar-refractivity contribution < 1.29 is 9.47 Å². The molecule has 0 amide bonds. The van der Waals surface area contributed by atoms with Crippen LogP contribution in [0.15, 0.2) is 30.5 Å². The van der Waals surface area contributed by atoms with Crippen molar-refractivity contribution in [2.24, 2.45) is 13.0 Å². The first-order chi connectivity index (χ1) is 11.2. The van der Waals surface area contributed by atoms with Gasteiger partial charge in [-0.1, -0.05) is 17.7 Å². The number of ether oxygens (including phenoxy) is 2. The van der Waals surface area contributed by atoms with E-state index in [0.29, 0.717) is 12.5 Å². The fraction of sp³-hybridized carbons (Fsp3) is 0.471. The molecule has 0 aliphatic carbocycles. The molecule has 2 atom stereocenters. The minimum atomic E-state index is 0.100. The van der Waals surface area contributed by atoms with Gasteiger partial charge in [0.1, 0.15) is 11.9 Å². The molecule has 2 aromatic rings. The number of hydrogen-bond acceptors (Lipinski definition) is 4. The standard InChI is InChI=1S/C17H22ClN3O2/c1-21-15(6-8-20-21)17-12(7-9-23-17)10-19-11-13-14(18)4-3-5-16(13)22-2/h3-6,8,12,17,19H,7,9-11H2,1-2H3/t12-,17+/m0/s1. The lowest BCUT2D eigenvalue weighted by Gasteiger charge is -2.20. The molecule has 1 saturated heterocycles. The molecule has 3 rings (SSSR count). The van der Waals surface area contributed by atoms with Crippen LogP contribution in [0, 0.1) is 5.92 Å². The van der Waals surface area contributed by atoms with Crippen molar-refractivity contribution in [3.05, 3.63) is 46.7 Å². The molecule has 124 valence electrons. The Bertz CT molecular complexity index is 659. The normalized spacial score (nSPS) is 20.8. The van der Waals surface area contributed by atoms with Crippen LogP contribution in [0.3, 0.4) is 0 Å². The summed E-state index contributed by atoms with van der Waals surface area (Å²) in [6.07, 6.45) is 2.96. The molecular weight excluding hydrogens is 314 g/mol. The van der Waals surface area contributed by atoms with Crippen LogP contribution in [0.5, 0.6) is 5.75 Å². The van der Waals surface area contributed by atoms with Crippen molar-refractivity contribution in [3.63, 3.8) is 0 Å². The van der Waals surface area contributed by atoms with E-state index in [9.17, 15) is 0 Å². The van der Waals surface area contributed by atoms with Crippen LogP contribution in [-0.2, 0) is 18.3 Å². The highest BCUT2D eigenvalue weighted by atomic mass is 35.5. The fourth-order valence-electron chi connectivity index (χ4n) is 3.12. The van der Waals surface area contributed by atoms with Crippen LogP contribution in [0.25, 0.3) is 0 Å². The first kappa shape index (κ1) is 16.3. The SMILES string of the molecule is COc1cccc(Cl)c1CNC[C@@H]1CCO[C@H]1c1ccnn1C. The van der Waals surface area contributed by atoms with E-state index in [0.717, 1.165) is 41.6 Å². The highest BCUT2D eigenvalue weighted by Gasteiger charge is 2.31. The van der Waals surface area contributed by atoms with E-state index in [-0.39, 0.29) is 6.10 Å². The van der Waals surface area contributed by atoms with Crippen molar-refractivity contribution in [1.29, 1.82) is 0 Å². The topological polar surface area (TPSA) is 48.3 Å². The Kier molecular flexibility index (Phi) is 5.20. The van der Waals surface area contributed by atoms with Gasteiger partial charge in [-0.25, -0.2) is 0 Å². The summed E-state index contributed by atoms with van der Waals surface area (Å²) >= 11 is 6.28. The lowest BCUT2D eigenvalue weighted by atomic mass is 9.99. The highest BCUT2D eigenvalue weighted by Crippen LogP contribution is 2.34. The molecule has 0 bridgehead atoms. The van der Waals surface area contributed by atoms with Crippen molar-refractivity contribution >= 4 is 11.6 Å². The Morgan fingerprint density at radius 2 is 2.30 bits per heavy atom. The summed E-state index contributed by atoms with van der Waals surface area (Å²) < 4.78 is 13.2. The zero-order valence-electron chi connectivity index (χ0n) is 13.5. The first-order valence-electron chi connectivity index (χ1n) is 7.82. The molecule has 6 heteroatoms. The lowest BCUT2D eigenvalue weighted by molar-refractivity contribution is 0.0838. The minimum absolute atomic E-state index is 0.100. The van der Waals surface area contributed by atoms with E-state index in [1.54, 1.807) is 7.11 Å². The lowest BCUT2D eigenvalue weighted by Crippen LogP contribution is -2.25. The van der Waals surface area contributed by atoms with Crippen molar-refractivity contribution in [3.8, 4) is 5.75 Å². The van der Waals surface area contributed by atoms with Gasteiger partial charge < -0.3 is 14.8 Å². The van der Waals surface area contributed by atoms with Crippen molar-refractivity contribution in [1.82, 2.24) is 15.1 Å². The maximum absolute atomic E-state index is 6.28. The summed E-state index contributed by atoms with van der Waals surface area (Å²) in [6, 6.07) is 7.74. The van der Waals surface area contributed by atoms with Crippen LogP contribution in [0.2, 0.25) is 5.02 Å². The zero-order chi connectivity index (χ0) is 16.2. The van der Waals surface area contributed by atoms with Crippen LogP contribution in [-0.4, -0.2) is 30.0 Å². The van der Waals surface area contributed by atoms with Crippen LogP contribution in [0.1, 0.15) is 23.8 Å². The molecule has 0 radical (unpaired) electrons. The summed E-state index contributed by atoms with van der Waals surface area (Å²) in [5.41, 5.74) is 2.12. The summed E-state index contributed by atoms with van der Waals surface area (Å²) in [7, 11) is 3.62. The van der Waals surface area contributed by atoms with Gasteiger partial charge in [0.2, 0.25) is 0 Å². The second-order valence-electron chi connectivity index (χ2n) is 5.77. The molecule has 1 fully saturated rings. The summed E-state index contributed by atoms with van der Waals surface area (Å²) in [4.78, 5) is 0. The van der Waals surface area contributed by atoms with Crippen LogP contribution in [0.4, 0.5) is 0 Å². The summed E-state index contributed by atoms with van der Waals surface area (Å²) in [5.74, 6) is 1.25. The smallest absolute Gasteiger partial charge is 0.124 e. The predicted molar refractivity (Wildman–Crippen MR) is 89.7 cm³/mol. The average Bonchev–Trinajstić information content (AvgIpc) is 3.17. The molecular formula is C17H22ClN3O2. The van der Waals surface area contributed by atoms with Crippen LogP contribution < -0.4 is 10.1 Å². The number of rotatable bonds is 6. The second kappa shape index (κ2) is 7.34. The predicted octanol–water partition coefficient (Wildman–Crippen LogP) is 2.95. The molecule has 1 N–H and O–H groups in total. The van der Waals surface area contributed by atoms with Gasteiger partial charge in [0, 0.05) is 49.4 Å². The third kappa shape index (κ3) is 3.52. The number of aryl methyl sites for hydroxylation is 1. The van der Waals surface area contributed by atoms with E-state index in [1.165, 1.54) is 0 Å². The largest absolute Gasteiger partial charge is 0.496 e. The first-order valence-corrected chi connectivity index (χ1v) is 8.20. The Labute approximate surface area is 141 Å². The second-order valence-corrected chi connectivity index (χ2v) is 6.18. The number of hydrogen-bond donors (Lipinski definition) is 1. The molecule has 0 saturated carbocycles. The summed E-state index contributed by atoms with van der Waals surface area (Å²) in [5, 5.41) is 8.46. The Balaban J connectivity index is 1.62. The van der Waals surface area contributed by atoms with Gasteiger partial charge in [0.25, 0.3) is 0 Å². The molecule has 0 spiro atoms. The maximum Gasteiger partial charge on any atom is 0.124 e. The average molecular weight is 336 g/mol. The Hall–Kier alpha value is -1.56. The highest BCUT2D eigenvalue weighted by molar-refractivity contribution is 6.31. The third-order valence-electron chi connectivity index (χ3n) is 4.37. The van der Waals surface area contributed by atoms with Crippen molar-refractivity contribution in [2.75, 3.05) is 20.3 Å². The van der Waals surface area contributed by atoms with E-state index in [1.807, 2.05) is 42.2 Å². The van der Waals surface area contributed by atoms with E-state index in [2.05, 4.69) is 10.4 Å². The van der Waals surface area contributed by atoms with E-state index >= 15 is 0 Å². The summed E-state index contributed by atoms with van der Waals surface area (Å²) in [6.45, 7) is 2.33. The molecule has 2 heterocycles. The Morgan fingerprint density at radius 3 is 3.04 bits per heavy atom.